The van der Waals surface area contributed by atoms with Crippen molar-refractivity contribution in [1.82, 2.24) is 15.5 Å². The van der Waals surface area contributed by atoms with Crippen LogP contribution in [0.5, 0.6) is 0 Å². The van der Waals surface area contributed by atoms with E-state index in [1.165, 1.54) is 0 Å². The first-order valence-corrected chi connectivity index (χ1v) is 6.47. The molecule has 1 saturated heterocycles. The van der Waals surface area contributed by atoms with E-state index in [9.17, 15) is 0 Å². The zero-order valence-electron chi connectivity index (χ0n) is 10.1. The number of aromatic nitrogens is 2. The first kappa shape index (κ1) is 14.5. The summed E-state index contributed by atoms with van der Waals surface area (Å²) in [7, 11) is 0. The van der Waals surface area contributed by atoms with Crippen LogP contribution in [0.4, 0.5) is 0 Å². The monoisotopic (exact) mass is 349 g/mol. The van der Waals surface area contributed by atoms with E-state index in [0.29, 0.717) is 28.8 Å². The molecule has 1 aliphatic heterocycles. The molecule has 6 nitrogen and oxygen atoms in total. The Morgan fingerprint density at radius 1 is 1.42 bits per heavy atom. The number of morpholine rings is 1. The van der Waals surface area contributed by atoms with Crippen molar-refractivity contribution in [2.24, 2.45) is 0 Å². The summed E-state index contributed by atoms with van der Waals surface area (Å²) in [5, 5.41) is 7.21. The molecule has 1 fully saturated rings. The lowest BCUT2D eigenvalue weighted by atomic mass is 10.1. The lowest BCUT2D eigenvalue weighted by Crippen LogP contribution is -2.40. The second-order valence-electron chi connectivity index (χ2n) is 4.07. The van der Waals surface area contributed by atoms with E-state index >= 15 is 0 Å². The number of hydrogen-bond acceptors (Lipinski definition) is 6. The van der Waals surface area contributed by atoms with Gasteiger partial charge >= 0.3 is 0 Å². The van der Waals surface area contributed by atoms with Crippen molar-refractivity contribution in [3.8, 4) is 11.6 Å². The molecule has 1 N–H and O–H groups in total. The van der Waals surface area contributed by atoms with Gasteiger partial charge in [-0.3, -0.25) is 0 Å². The maximum Gasteiger partial charge on any atom is 0.246 e. The Bertz CT molecular complexity index is 545. The predicted molar refractivity (Wildman–Crippen MR) is 73.1 cm³/mol. The molecule has 2 aromatic rings. The zero-order valence-corrected chi connectivity index (χ0v) is 12.5. The molecule has 0 aromatic carbocycles. The minimum atomic E-state index is -0.0709. The highest BCUT2D eigenvalue weighted by atomic mass is 79.9. The summed E-state index contributed by atoms with van der Waals surface area (Å²) in [5.74, 6) is 1.53. The maximum atomic E-state index is 5.54. The van der Waals surface area contributed by atoms with Gasteiger partial charge in [0.15, 0.2) is 10.4 Å². The molecule has 1 aliphatic rings. The number of halogens is 2. The molecule has 0 amide bonds. The number of hydrogen-bond donors (Lipinski definition) is 1. The summed E-state index contributed by atoms with van der Waals surface area (Å²) in [5.41, 5.74) is 0. The third kappa shape index (κ3) is 3.00. The van der Waals surface area contributed by atoms with Crippen LogP contribution in [-0.2, 0) is 4.74 Å². The van der Waals surface area contributed by atoms with Gasteiger partial charge in [-0.15, -0.1) is 12.4 Å². The fraction of sp³-hybridized carbons (Fsp3) is 0.455. The van der Waals surface area contributed by atoms with Crippen molar-refractivity contribution in [2.45, 2.75) is 19.1 Å². The van der Waals surface area contributed by atoms with Gasteiger partial charge in [0.25, 0.3) is 0 Å². The lowest BCUT2D eigenvalue weighted by Gasteiger charge is -2.27. The molecule has 2 atom stereocenters. The average Bonchev–Trinajstić information content (AvgIpc) is 2.98. The highest BCUT2D eigenvalue weighted by Crippen LogP contribution is 2.25. The van der Waals surface area contributed by atoms with Crippen molar-refractivity contribution in [2.75, 3.05) is 13.2 Å². The van der Waals surface area contributed by atoms with Crippen LogP contribution in [0.2, 0.25) is 0 Å². The van der Waals surface area contributed by atoms with Crippen LogP contribution in [0, 0.1) is 0 Å². The molecule has 0 unspecified atom stereocenters. The zero-order chi connectivity index (χ0) is 12.5. The number of nitrogens with one attached hydrogen (secondary N) is 1. The van der Waals surface area contributed by atoms with Gasteiger partial charge in [0.1, 0.15) is 6.04 Å². The largest absolute Gasteiger partial charge is 0.446 e. The van der Waals surface area contributed by atoms with Crippen molar-refractivity contribution in [3.05, 3.63) is 22.7 Å². The topological polar surface area (TPSA) is 73.3 Å². The van der Waals surface area contributed by atoms with E-state index in [1.807, 2.05) is 6.92 Å². The number of nitrogens with zero attached hydrogens (tertiary/aromatic N) is 2. The van der Waals surface area contributed by atoms with Gasteiger partial charge in [-0.05, 0) is 35.0 Å². The van der Waals surface area contributed by atoms with Crippen LogP contribution in [0.1, 0.15) is 18.9 Å². The van der Waals surface area contributed by atoms with Crippen molar-refractivity contribution >= 4 is 28.3 Å². The van der Waals surface area contributed by atoms with Crippen molar-refractivity contribution in [3.63, 3.8) is 0 Å². The Labute approximate surface area is 124 Å². The Morgan fingerprint density at radius 3 is 2.95 bits per heavy atom. The van der Waals surface area contributed by atoms with E-state index in [2.05, 4.69) is 31.4 Å². The number of furan rings is 1. The molecule has 19 heavy (non-hydrogen) atoms. The third-order valence-electron chi connectivity index (χ3n) is 2.82. The van der Waals surface area contributed by atoms with E-state index in [1.54, 1.807) is 12.1 Å². The minimum absolute atomic E-state index is 0. The van der Waals surface area contributed by atoms with Crippen LogP contribution in [0.25, 0.3) is 11.6 Å². The SMILES string of the molecule is C[C@H]1OCCN[C@@H]1c1nc(-c2ccc(Br)o2)no1.Cl. The second kappa shape index (κ2) is 6.04. The van der Waals surface area contributed by atoms with Crippen molar-refractivity contribution < 1.29 is 13.7 Å². The molecule has 0 bridgehead atoms. The summed E-state index contributed by atoms with van der Waals surface area (Å²) in [6.07, 6.45) is 0.00962. The van der Waals surface area contributed by atoms with E-state index in [0.717, 1.165) is 6.54 Å². The predicted octanol–water partition coefficient (Wildman–Crippen LogP) is 2.56. The van der Waals surface area contributed by atoms with Crippen LogP contribution in [0.3, 0.4) is 0 Å². The Balaban J connectivity index is 0.00000133. The van der Waals surface area contributed by atoms with Crippen LogP contribution < -0.4 is 5.32 Å². The molecular weight excluding hydrogens is 337 g/mol. The standard InChI is InChI=1S/C11H12BrN3O3.ClH/c1-6-9(13-4-5-16-6)11-14-10(15-18-11)7-2-3-8(12)17-7;/h2-3,6,9,13H,4-5H2,1H3;1H/t6-,9+;/m1./s1. The summed E-state index contributed by atoms with van der Waals surface area (Å²) in [6.45, 7) is 3.45. The summed E-state index contributed by atoms with van der Waals surface area (Å²) in [6, 6.07) is 3.50. The molecule has 8 heteroatoms. The quantitative estimate of drug-likeness (QED) is 0.897. The van der Waals surface area contributed by atoms with E-state index in [4.69, 9.17) is 13.7 Å². The number of rotatable bonds is 2. The molecule has 104 valence electrons. The Morgan fingerprint density at radius 2 is 2.26 bits per heavy atom. The molecule has 0 saturated carbocycles. The summed E-state index contributed by atoms with van der Waals surface area (Å²) in [4.78, 5) is 4.33. The molecule has 3 rings (SSSR count). The first-order valence-electron chi connectivity index (χ1n) is 5.68. The number of ether oxygens (including phenoxy) is 1. The summed E-state index contributed by atoms with van der Waals surface area (Å²) < 4.78 is 16.8. The van der Waals surface area contributed by atoms with Crippen LogP contribution >= 0.6 is 28.3 Å². The Kier molecular flexibility index (Phi) is 4.62. The lowest BCUT2D eigenvalue weighted by molar-refractivity contribution is -0.00136. The fourth-order valence-corrected chi connectivity index (χ4v) is 2.21. The van der Waals surface area contributed by atoms with Gasteiger partial charge in [-0.2, -0.15) is 4.98 Å². The highest BCUT2D eigenvalue weighted by Gasteiger charge is 2.28. The van der Waals surface area contributed by atoms with Crippen LogP contribution in [0.15, 0.2) is 25.7 Å². The van der Waals surface area contributed by atoms with Crippen molar-refractivity contribution in [1.29, 1.82) is 0 Å². The smallest absolute Gasteiger partial charge is 0.246 e. The van der Waals surface area contributed by atoms with Gasteiger partial charge in [-0.25, -0.2) is 0 Å². The van der Waals surface area contributed by atoms with Gasteiger partial charge in [-0.1, -0.05) is 5.16 Å². The molecule has 3 heterocycles. The van der Waals surface area contributed by atoms with Gasteiger partial charge in [0.2, 0.25) is 11.7 Å². The fourth-order valence-electron chi connectivity index (χ4n) is 1.91. The maximum absolute atomic E-state index is 5.54. The molecule has 2 aromatic heterocycles. The summed E-state index contributed by atoms with van der Waals surface area (Å²) >= 11 is 3.24. The highest BCUT2D eigenvalue weighted by molar-refractivity contribution is 9.10. The van der Waals surface area contributed by atoms with Crippen LogP contribution in [-0.4, -0.2) is 29.4 Å². The molecule has 0 radical (unpaired) electrons. The average molecular weight is 351 g/mol. The van der Waals surface area contributed by atoms with Gasteiger partial charge in [0.05, 0.1) is 12.7 Å². The molecule has 0 aliphatic carbocycles. The third-order valence-corrected chi connectivity index (χ3v) is 3.24. The second-order valence-corrected chi connectivity index (χ2v) is 4.85. The minimum Gasteiger partial charge on any atom is -0.446 e. The molecular formula is C11H13BrClN3O3. The normalized spacial score (nSPS) is 23.1. The Hall–Kier alpha value is -0.890. The van der Waals surface area contributed by atoms with E-state index < -0.39 is 0 Å². The molecule has 0 spiro atoms. The first-order chi connectivity index (χ1) is 8.74. The van der Waals surface area contributed by atoms with Gasteiger partial charge in [0, 0.05) is 6.54 Å². The van der Waals surface area contributed by atoms with E-state index in [-0.39, 0.29) is 24.6 Å². The van der Waals surface area contributed by atoms with Gasteiger partial charge < -0.3 is 19.0 Å².